The number of hydrogen-bond acceptors (Lipinski definition) is 4. The van der Waals surface area contributed by atoms with Crippen LogP contribution in [-0.2, 0) is 17.9 Å². The van der Waals surface area contributed by atoms with Crippen LogP contribution in [0.2, 0.25) is 0 Å². The van der Waals surface area contributed by atoms with Gasteiger partial charge in [-0.25, -0.2) is 0 Å². The number of fused-ring (bicyclic) bond motifs is 1. The Bertz CT molecular complexity index is 1430. The van der Waals surface area contributed by atoms with Crippen LogP contribution in [0.1, 0.15) is 53.1 Å². The number of aryl methyl sites for hydroxylation is 1. The predicted molar refractivity (Wildman–Crippen MR) is 148 cm³/mol. The van der Waals surface area contributed by atoms with Gasteiger partial charge >= 0.3 is 6.18 Å². The molecule has 2 aromatic heterocycles. The molecule has 2 amide bonds. The quantitative estimate of drug-likeness (QED) is 0.298. The van der Waals surface area contributed by atoms with Crippen LogP contribution in [0.15, 0.2) is 48.7 Å². The average Bonchev–Trinajstić information content (AvgIpc) is 3.39. The van der Waals surface area contributed by atoms with Crippen LogP contribution < -0.4 is 20.7 Å². The van der Waals surface area contributed by atoms with Crippen molar-refractivity contribution in [3.63, 3.8) is 0 Å². The highest BCUT2D eigenvalue weighted by molar-refractivity contribution is 6.01. The van der Waals surface area contributed by atoms with Gasteiger partial charge in [-0.05, 0) is 73.9 Å². The summed E-state index contributed by atoms with van der Waals surface area (Å²) >= 11 is 0. The lowest BCUT2D eigenvalue weighted by atomic mass is 9.78. The van der Waals surface area contributed by atoms with Crippen molar-refractivity contribution in [2.75, 3.05) is 11.9 Å². The lowest BCUT2D eigenvalue weighted by Crippen LogP contribution is -2.50. The second-order valence-electron chi connectivity index (χ2n) is 11.0. The summed E-state index contributed by atoms with van der Waals surface area (Å²) in [5.41, 5.74) is 4.98. The number of aromatic nitrogens is 2. The molecule has 2 aliphatic rings. The zero-order chi connectivity index (χ0) is 29.3. The van der Waals surface area contributed by atoms with Crippen LogP contribution in [0.5, 0.6) is 0 Å². The molecule has 5 rings (SSSR count). The first kappa shape index (κ1) is 28.7. The highest BCUT2D eigenvalue weighted by Gasteiger charge is 2.44. The second kappa shape index (κ2) is 11.6. The minimum atomic E-state index is -4.27. The van der Waals surface area contributed by atoms with E-state index in [1.165, 1.54) is 6.20 Å². The molecule has 3 heterocycles. The molecule has 0 bridgehead atoms. The molecular formula is C30H34F3N5O3. The van der Waals surface area contributed by atoms with Crippen LogP contribution >= 0.6 is 0 Å². The van der Waals surface area contributed by atoms with E-state index in [1.807, 2.05) is 17.6 Å². The predicted octanol–water partition coefficient (Wildman–Crippen LogP) is 4.61. The van der Waals surface area contributed by atoms with Crippen molar-refractivity contribution in [3.05, 3.63) is 76.5 Å². The molecule has 218 valence electrons. The van der Waals surface area contributed by atoms with E-state index >= 15 is 0 Å². The van der Waals surface area contributed by atoms with E-state index < -0.39 is 35.9 Å². The number of carbonyl (C=O) groups is 2. The smallest absolute Gasteiger partial charge is 0.391 e. The fourth-order valence-electron chi connectivity index (χ4n) is 6.07. The number of nitrogens with zero attached hydrogens (tertiary/aromatic N) is 2. The molecule has 1 atom stereocenters. The highest BCUT2D eigenvalue weighted by Crippen LogP contribution is 2.40. The van der Waals surface area contributed by atoms with Crippen molar-refractivity contribution < 1.29 is 27.5 Å². The molecule has 1 aliphatic carbocycles. The van der Waals surface area contributed by atoms with Gasteiger partial charge in [-0.15, -0.1) is 0 Å². The molecule has 11 heteroatoms. The van der Waals surface area contributed by atoms with Crippen LogP contribution in [0.25, 0.3) is 11.1 Å². The standard InChI is InChI=1S/C30H34F3N5O3/c1-18-13-15-38(41)19(2)26(18)20-5-9-23(10-6-20)35-29(40)27(21-3-7-22(8-4-21)30(31,32)33)36-28(39)25-12-11-24-17-34-14-16-37(24)25/h5-6,9-13,15,21-22,27,34H,3-4,7-8,14,16-17H2,1-2H3,(H,35,40)(H,36,39)/t21?,22?,27-/m0/s1. The number of nitrogens with one attached hydrogen (secondary N) is 3. The lowest BCUT2D eigenvalue weighted by molar-refractivity contribution is -0.611. The summed E-state index contributed by atoms with van der Waals surface area (Å²) in [6, 6.07) is 11.3. The van der Waals surface area contributed by atoms with Crippen LogP contribution in [0.3, 0.4) is 0 Å². The molecule has 1 fully saturated rings. The van der Waals surface area contributed by atoms with E-state index in [2.05, 4.69) is 16.0 Å². The molecule has 1 saturated carbocycles. The highest BCUT2D eigenvalue weighted by atomic mass is 19.4. The van der Waals surface area contributed by atoms with Crippen LogP contribution in [-0.4, -0.2) is 35.1 Å². The van der Waals surface area contributed by atoms with E-state index in [9.17, 15) is 28.0 Å². The molecule has 3 N–H and O–H groups in total. The SMILES string of the molecule is Cc1cc[n+]([O-])c(C)c1-c1ccc(NC(=O)[C@@H](NC(=O)c2ccc3n2CCNC3)C2CCC(C(F)(F)F)CC2)cc1. The Morgan fingerprint density at radius 1 is 1.05 bits per heavy atom. The number of anilines is 1. The molecule has 8 nitrogen and oxygen atoms in total. The topological polar surface area (TPSA) is 102 Å². The number of amides is 2. The summed E-state index contributed by atoms with van der Waals surface area (Å²) in [7, 11) is 0. The minimum Gasteiger partial charge on any atom is -0.618 e. The van der Waals surface area contributed by atoms with Gasteiger partial charge in [-0.2, -0.15) is 17.9 Å². The first-order valence-corrected chi connectivity index (χ1v) is 13.9. The third-order valence-corrected chi connectivity index (χ3v) is 8.39. The first-order valence-electron chi connectivity index (χ1n) is 13.9. The van der Waals surface area contributed by atoms with Crippen molar-refractivity contribution in [2.24, 2.45) is 11.8 Å². The Hall–Kier alpha value is -3.86. The summed E-state index contributed by atoms with van der Waals surface area (Å²) < 4.78 is 42.7. The van der Waals surface area contributed by atoms with Gasteiger partial charge in [0.15, 0.2) is 11.9 Å². The van der Waals surface area contributed by atoms with Gasteiger partial charge in [0, 0.05) is 44.0 Å². The molecule has 0 saturated heterocycles. The van der Waals surface area contributed by atoms with E-state index in [4.69, 9.17) is 0 Å². The third-order valence-electron chi connectivity index (χ3n) is 8.39. The van der Waals surface area contributed by atoms with Gasteiger partial charge < -0.3 is 25.7 Å². The van der Waals surface area contributed by atoms with Gasteiger partial charge in [0.05, 0.1) is 11.5 Å². The molecular weight excluding hydrogens is 535 g/mol. The number of benzene rings is 1. The van der Waals surface area contributed by atoms with Gasteiger partial charge in [-0.1, -0.05) is 12.1 Å². The monoisotopic (exact) mass is 569 g/mol. The summed E-state index contributed by atoms with van der Waals surface area (Å²) in [4.78, 5) is 26.9. The van der Waals surface area contributed by atoms with Crippen molar-refractivity contribution in [1.82, 2.24) is 15.2 Å². The number of carbonyl (C=O) groups excluding carboxylic acids is 2. The van der Waals surface area contributed by atoms with Gasteiger partial charge in [0.25, 0.3) is 5.91 Å². The molecule has 1 aromatic carbocycles. The second-order valence-corrected chi connectivity index (χ2v) is 11.0. The molecule has 41 heavy (non-hydrogen) atoms. The number of hydrogen-bond donors (Lipinski definition) is 3. The zero-order valence-corrected chi connectivity index (χ0v) is 23.1. The maximum absolute atomic E-state index is 13.6. The van der Waals surface area contributed by atoms with Crippen molar-refractivity contribution >= 4 is 17.5 Å². The van der Waals surface area contributed by atoms with E-state index in [-0.39, 0.29) is 25.7 Å². The molecule has 0 spiro atoms. The van der Waals surface area contributed by atoms with Crippen LogP contribution in [0.4, 0.5) is 18.9 Å². The fourth-order valence-corrected chi connectivity index (χ4v) is 6.07. The molecule has 3 aromatic rings. The maximum Gasteiger partial charge on any atom is 0.391 e. The van der Waals surface area contributed by atoms with E-state index in [0.29, 0.717) is 36.7 Å². The van der Waals surface area contributed by atoms with Gasteiger partial charge in [0.2, 0.25) is 5.91 Å². The summed E-state index contributed by atoms with van der Waals surface area (Å²) in [5.74, 6) is -2.73. The molecule has 0 radical (unpaired) electrons. The van der Waals surface area contributed by atoms with Crippen molar-refractivity contribution in [3.8, 4) is 11.1 Å². The van der Waals surface area contributed by atoms with Crippen LogP contribution in [0, 0.1) is 30.9 Å². The van der Waals surface area contributed by atoms with E-state index in [1.54, 1.807) is 43.3 Å². The molecule has 0 unspecified atom stereocenters. The van der Waals surface area contributed by atoms with Crippen molar-refractivity contribution in [2.45, 2.75) is 64.8 Å². The number of pyridine rings is 1. The summed E-state index contributed by atoms with van der Waals surface area (Å²) in [6.07, 6.45) is -2.61. The van der Waals surface area contributed by atoms with E-state index in [0.717, 1.165) is 27.1 Å². The summed E-state index contributed by atoms with van der Waals surface area (Å²) in [5, 5.41) is 21.0. The maximum atomic E-state index is 13.6. The Labute approximate surface area is 236 Å². The Morgan fingerprint density at radius 2 is 1.76 bits per heavy atom. The summed E-state index contributed by atoms with van der Waals surface area (Å²) in [6.45, 7) is 5.60. The van der Waals surface area contributed by atoms with Gasteiger partial charge in [0.1, 0.15) is 11.7 Å². The Kier molecular flexibility index (Phi) is 8.08. The number of rotatable bonds is 6. The number of halogens is 3. The first-order chi connectivity index (χ1) is 19.5. The zero-order valence-electron chi connectivity index (χ0n) is 23.1. The third kappa shape index (κ3) is 6.09. The van der Waals surface area contributed by atoms with Crippen molar-refractivity contribution in [1.29, 1.82) is 0 Å². The minimum absolute atomic E-state index is 0.0792. The fraction of sp³-hybridized carbons (Fsp3) is 0.433. The average molecular weight is 570 g/mol. The normalized spacial score (nSPS) is 19.7. The largest absolute Gasteiger partial charge is 0.618 e. The lowest BCUT2D eigenvalue weighted by Gasteiger charge is -2.34. The Balaban J connectivity index is 1.35. The number of alkyl halides is 3. The Morgan fingerprint density at radius 3 is 2.44 bits per heavy atom. The van der Waals surface area contributed by atoms with Gasteiger partial charge in [-0.3, -0.25) is 9.59 Å². The molecule has 1 aliphatic heterocycles.